The molecule has 2 heterocycles. The Morgan fingerprint density at radius 2 is 1.90 bits per heavy atom. The molecular formula is C23H40N6O2. The molecule has 0 aromatic carbocycles. The van der Waals surface area contributed by atoms with Gasteiger partial charge in [0.1, 0.15) is 11.9 Å². The summed E-state index contributed by atoms with van der Waals surface area (Å²) in [6.45, 7) is 15.4. The highest BCUT2D eigenvalue weighted by atomic mass is 16.2. The standard InChI is InChI=1S/C23H40N6O2/c1-8-28(9-2)14-10-12-18-25-19(17-16-27(7)13-11-15-29(17)18)21(30)26-20(22(31)24-6)23(3,4)5/h10,12,20H,8-9,11,13-16H2,1-7H3,(H,24,31)(H,26,30)/t20-/m1/s1. The number of hydrogen-bond donors (Lipinski definition) is 2. The summed E-state index contributed by atoms with van der Waals surface area (Å²) in [7, 11) is 3.65. The Kier molecular flexibility index (Phi) is 8.82. The highest BCUT2D eigenvalue weighted by molar-refractivity contribution is 5.97. The lowest BCUT2D eigenvalue weighted by Gasteiger charge is -2.29. The van der Waals surface area contributed by atoms with Crippen LogP contribution in [0.2, 0.25) is 0 Å². The first kappa shape index (κ1) is 25.1. The third-order valence-electron chi connectivity index (χ3n) is 5.83. The van der Waals surface area contributed by atoms with E-state index in [1.165, 1.54) is 0 Å². The van der Waals surface area contributed by atoms with Crippen molar-refractivity contribution in [1.29, 1.82) is 0 Å². The molecule has 8 heteroatoms. The second-order valence-electron chi connectivity index (χ2n) is 9.28. The quantitative estimate of drug-likeness (QED) is 0.656. The zero-order chi connectivity index (χ0) is 23.2. The second-order valence-corrected chi connectivity index (χ2v) is 9.28. The Morgan fingerprint density at radius 1 is 1.23 bits per heavy atom. The minimum Gasteiger partial charge on any atom is -0.357 e. The van der Waals surface area contributed by atoms with Crippen molar-refractivity contribution < 1.29 is 9.59 Å². The summed E-state index contributed by atoms with van der Waals surface area (Å²) in [5.74, 6) is 0.295. The zero-order valence-corrected chi connectivity index (χ0v) is 20.3. The summed E-state index contributed by atoms with van der Waals surface area (Å²) in [6, 6.07) is -0.646. The van der Waals surface area contributed by atoms with E-state index in [-0.39, 0.29) is 11.8 Å². The van der Waals surface area contributed by atoms with Crippen molar-refractivity contribution in [3.05, 3.63) is 23.3 Å². The highest BCUT2D eigenvalue weighted by Crippen LogP contribution is 2.23. The fourth-order valence-electron chi connectivity index (χ4n) is 3.87. The first-order valence-electron chi connectivity index (χ1n) is 11.3. The van der Waals surface area contributed by atoms with Crippen molar-refractivity contribution in [1.82, 2.24) is 30.0 Å². The van der Waals surface area contributed by atoms with Crippen LogP contribution in [0.3, 0.4) is 0 Å². The molecule has 0 radical (unpaired) electrons. The van der Waals surface area contributed by atoms with Gasteiger partial charge in [-0.1, -0.05) is 40.7 Å². The summed E-state index contributed by atoms with van der Waals surface area (Å²) in [5, 5.41) is 5.60. The molecule has 0 spiro atoms. The molecule has 1 aromatic rings. The minimum atomic E-state index is -0.646. The molecule has 0 aliphatic carbocycles. The van der Waals surface area contributed by atoms with Gasteiger partial charge < -0.3 is 25.0 Å². The Morgan fingerprint density at radius 3 is 2.48 bits per heavy atom. The summed E-state index contributed by atoms with van der Waals surface area (Å²) in [4.78, 5) is 35.0. The van der Waals surface area contributed by atoms with Crippen LogP contribution >= 0.6 is 0 Å². The molecule has 1 aromatic heterocycles. The van der Waals surface area contributed by atoms with E-state index in [1.807, 2.05) is 26.8 Å². The average molecular weight is 433 g/mol. The molecule has 174 valence electrons. The van der Waals surface area contributed by atoms with Crippen LogP contribution in [0.25, 0.3) is 6.08 Å². The number of rotatable bonds is 8. The fourth-order valence-corrected chi connectivity index (χ4v) is 3.87. The number of hydrogen-bond acceptors (Lipinski definition) is 5. The molecule has 31 heavy (non-hydrogen) atoms. The molecular weight excluding hydrogens is 392 g/mol. The number of nitrogens with zero attached hydrogens (tertiary/aromatic N) is 4. The Hall–Kier alpha value is -2.19. The predicted molar refractivity (Wildman–Crippen MR) is 125 cm³/mol. The normalized spacial score (nSPS) is 16.3. The van der Waals surface area contributed by atoms with Crippen LogP contribution in [-0.4, -0.2) is 77.5 Å². The number of carbonyl (C=O) groups is 2. The zero-order valence-electron chi connectivity index (χ0n) is 20.3. The van der Waals surface area contributed by atoms with Gasteiger partial charge in [0, 0.05) is 26.7 Å². The summed E-state index contributed by atoms with van der Waals surface area (Å²) in [6.07, 6.45) is 5.13. The molecule has 1 aliphatic rings. The molecule has 2 amide bonds. The fraction of sp³-hybridized carbons (Fsp3) is 0.696. The largest absolute Gasteiger partial charge is 0.357 e. The maximum atomic E-state index is 13.3. The van der Waals surface area contributed by atoms with E-state index >= 15 is 0 Å². The lowest BCUT2D eigenvalue weighted by Crippen LogP contribution is -2.53. The summed E-state index contributed by atoms with van der Waals surface area (Å²) in [5.41, 5.74) is 0.898. The summed E-state index contributed by atoms with van der Waals surface area (Å²) < 4.78 is 2.16. The number of fused-ring (bicyclic) bond motifs is 1. The van der Waals surface area contributed by atoms with Crippen molar-refractivity contribution in [3.63, 3.8) is 0 Å². The average Bonchev–Trinajstić information content (AvgIpc) is 2.92. The van der Waals surface area contributed by atoms with Crippen molar-refractivity contribution in [2.45, 2.75) is 60.2 Å². The van der Waals surface area contributed by atoms with Gasteiger partial charge in [0.15, 0.2) is 5.69 Å². The molecule has 0 fully saturated rings. The smallest absolute Gasteiger partial charge is 0.272 e. The molecule has 1 atom stereocenters. The number of imidazole rings is 1. The van der Waals surface area contributed by atoms with E-state index in [9.17, 15) is 9.59 Å². The topological polar surface area (TPSA) is 82.5 Å². The molecule has 2 N–H and O–H groups in total. The van der Waals surface area contributed by atoms with Crippen molar-refractivity contribution in [2.24, 2.45) is 5.41 Å². The van der Waals surface area contributed by atoms with Crippen LogP contribution in [0, 0.1) is 5.41 Å². The Balaban J connectivity index is 2.37. The number of aromatic nitrogens is 2. The molecule has 0 saturated heterocycles. The van der Waals surface area contributed by atoms with Gasteiger partial charge in [0.25, 0.3) is 5.91 Å². The highest BCUT2D eigenvalue weighted by Gasteiger charge is 2.34. The third kappa shape index (κ3) is 6.40. The second kappa shape index (κ2) is 10.9. The lowest BCUT2D eigenvalue weighted by atomic mass is 9.86. The van der Waals surface area contributed by atoms with E-state index in [0.29, 0.717) is 12.2 Å². The third-order valence-corrected chi connectivity index (χ3v) is 5.83. The van der Waals surface area contributed by atoms with Crippen molar-refractivity contribution in [2.75, 3.05) is 40.3 Å². The van der Waals surface area contributed by atoms with E-state index in [4.69, 9.17) is 4.98 Å². The van der Waals surface area contributed by atoms with Crippen LogP contribution in [0.5, 0.6) is 0 Å². The van der Waals surface area contributed by atoms with Crippen LogP contribution in [0.15, 0.2) is 6.08 Å². The lowest BCUT2D eigenvalue weighted by molar-refractivity contribution is -0.124. The van der Waals surface area contributed by atoms with E-state index in [2.05, 4.69) is 52.0 Å². The predicted octanol–water partition coefficient (Wildman–Crippen LogP) is 1.96. The molecule has 0 saturated carbocycles. The number of nitrogens with one attached hydrogen (secondary N) is 2. The monoisotopic (exact) mass is 432 g/mol. The maximum Gasteiger partial charge on any atom is 0.272 e. The van der Waals surface area contributed by atoms with Gasteiger partial charge in [0.2, 0.25) is 5.91 Å². The van der Waals surface area contributed by atoms with Gasteiger partial charge in [-0.05, 0) is 44.6 Å². The first-order chi connectivity index (χ1) is 14.6. The van der Waals surface area contributed by atoms with Crippen LogP contribution in [-0.2, 0) is 17.9 Å². The Bertz CT molecular complexity index is 789. The number of carbonyl (C=O) groups excluding carboxylic acids is 2. The van der Waals surface area contributed by atoms with Crippen LogP contribution < -0.4 is 10.6 Å². The van der Waals surface area contributed by atoms with Gasteiger partial charge in [-0.2, -0.15) is 0 Å². The Labute approximate surface area is 187 Å². The van der Waals surface area contributed by atoms with Gasteiger partial charge >= 0.3 is 0 Å². The maximum absolute atomic E-state index is 13.3. The van der Waals surface area contributed by atoms with Gasteiger partial charge in [0.05, 0.1) is 5.69 Å². The summed E-state index contributed by atoms with van der Waals surface area (Å²) >= 11 is 0. The minimum absolute atomic E-state index is 0.206. The van der Waals surface area contributed by atoms with Gasteiger partial charge in [-0.25, -0.2) is 4.98 Å². The van der Waals surface area contributed by atoms with Crippen molar-refractivity contribution in [3.8, 4) is 0 Å². The van der Waals surface area contributed by atoms with Gasteiger partial charge in [-0.3, -0.25) is 9.59 Å². The van der Waals surface area contributed by atoms with E-state index in [0.717, 1.165) is 50.7 Å². The number of likely N-dealkylation sites (N-methyl/N-ethyl adjacent to an activating group) is 2. The van der Waals surface area contributed by atoms with E-state index < -0.39 is 11.5 Å². The SMILES string of the molecule is CCN(CC)CC=Cc1nc(C(=O)N[C@H](C(=O)NC)C(C)(C)C)c2n1CCCN(C)C2. The molecule has 1 aliphatic heterocycles. The molecule has 2 rings (SSSR count). The molecule has 8 nitrogen and oxygen atoms in total. The molecule has 0 bridgehead atoms. The van der Waals surface area contributed by atoms with Crippen LogP contribution in [0.1, 0.15) is 63.0 Å². The van der Waals surface area contributed by atoms with Gasteiger partial charge in [-0.15, -0.1) is 0 Å². The first-order valence-corrected chi connectivity index (χ1v) is 11.3. The number of amides is 2. The van der Waals surface area contributed by atoms with Crippen molar-refractivity contribution >= 4 is 17.9 Å². The van der Waals surface area contributed by atoms with E-state index in [1.54, 1.807) is 7.05 Å². The van der Waals surface area contributed by atoms with Crippen LogP contribution in [0.4, 0.5) is 0 Å². The molecule has 0 unspecified atom stereocenters.